The topological polar surface area (TPSA) is 45.2 Å². The predicted octanol–water partition coefficient (Wildman–Crippen LogP) is 3.29. The number of hydrogen-bond donors (Lipinski definition) is 1. The van der Waals surface area contributed by atoms with Crippen LogP contribution in [-0.4, -0.2) is 35.4 Å². The van der Waals surface area contributed by atoms with Crippen molar-refractivity contribution in [3.05, 3.63) is 36.0 Å². The van der Waals surface area contributed by atoms with E-state index in [0.29, 0.717) is 11.7 Å². The number of amides is 1. The number of rotatable bonds is 2. The first kappa shape index (κ1) is 13.9. The van der Waals surface area contributed by atoms with Crippen LogP contribution >= 0.6 is 0 Å². The molecule has 0 saturated carbocycles. The van der Waals surface area contributed by atoms with Crippen LogP contribution in [-0.2, 0) is 0 Å². The number of aromatic nitrogens is 1. The fourth-order valence-electron chi connectivity index (χ4n) is 3.04. The van der Waals surface area contributed by atoms with Crippen LogP contribution in [0.25, 0.3) is 10.9 Å². The quantitative estimate of drug-likeness (QED) is 0.920. The maximum Gasteiger partial charge on any atom is 0.272 e. The molecule has 1 atom stereocenters. The van der Waals surface area contributed by atoms with Gasteiger partial charge in [0.25, 0.3) is 5.91 Å². The maximum absolute atomic E-state index is 12.8. The van der Waals surface area contributed by atoms with E-state index in [1.165, 1.54) is 6.42 Å². The lowest BCUT2D eigenvalue weighted by molar-refractivity contribution is 0.0630. The molecule has 0 aliphatic carbocycles. The van der Waals surface area contributed by atoms with Crippen molar-refractivity contribution in [1.29, 1.82) is 0 Å². The third-order valence-corrected chi connectivity index (χ3v) is 4.27. The number of carbonyl (C=O) groups excluding carboxylic acids is 1. The van der Waals surface area contributed by atoms with Gasteiger partial charge in [-0.2, -0.15) is 0 Å². The van der Waals surface area contributed by atoms with Gasteiger partial charge >= 0.3 is 0 Å². The van der Waals surface area contributed by atoms with Crippen molar-refractivity contribution in [2.45, 2.75) is 32.2 Å². The van der Waals surface area contributed by atoms with Gasteiger partial charge in [0.1, 0.15) is 5.69 Å². The highest BCUT2D eigenvalue weighted by Gasteiger charge is 2.25. The Bertz CT molecular complexity index is 668. The molecule has 1 aliphatic rings. The molecule has 1 aromatic carbocycles. The van der Waals surface area contributed by atoms with Crippen molar-refractivity contribution in [3.63, 3.8) is 0 Å². The van der Waals surface area contributed by atoms with Crippen LogP contribution in [0.15, 0.2) is 30.3 Å². The minimum Gasteiger partial charge on any atom is -0.388 e. The summed E-state index contributed by atoms with van der Waals surface area (Å²) in [5, 5.41) is 4.21. The number of anilines is 1. The zero-order valence-electron chi connectivity index (χ0n) is 12.6. The molecule has 3 rings (SSSR count). The van der Waals surface area contributed by atoms with Crippen molar-refractivity contribution >= 4 is 22.5 Å². The van der Waals surface area contributed by atoms with Crippen LogP contribution < -0.4 is 5.32 Å². The molecule has 2 aromatic rings. The van der Waals surface area contributed by atoms with Crippen LogP contribution in [0.4, 0.5) is 5.69 Å². The molecule has 110 valence electrons. The number of nitrogens with zero attached hydrogens (tertiary/aromatic N) is 2. The zero-order chi connectivity index (χ0) is 14.8. The maximum atomic E-state index is 12.8. The van der Waals surface area contributed by atoms with Gasteiger partial charge in [0.2, 0.25) is 0 Å². The lowest BCUT2D eigenvalue weighted by Gasteiger charge is -2.33. The molecule has 1 amide bonds. The Morgan fingerprint density at radius 1 is 1.33 bits per heavy atom. The first-order chi connectivity index (χ1) is 10.2. The highest BCUT2D eigenvalue weighted by atomic mass is 16.2. The Balaban J connectivity index is 2.01. The number of para-hydroxylation sites is 1. The molecule has 1 aliphatic heterocycles. The SMILES string of the molecule is CNc1cc(C(=O)N2CCCCC2C)nc2ccccc12. The average Bonchev–Trinajstić information content (AvgIpc) is 2.53. The summed E-state index contributed by atoms with van der Waals surface area (Å²) in [7, 11) is 1.87. The van der Waals surface area contributed by atoms with Gasteiger partial charge in [0.15, 0.2) is 0 Å². The van der Waals surface area contributed by atoms with E-state index in [2.05, 4.69) is 17.2 Å². The Morgan fingerprint density at radius 2 is 2.14 bits per heavy atom. The molecule has 21 heavy (non-hydrogen) atoms. The fraction of sp³-hybridized carbons (Fsp3) is 0.412. The van der Waals surface area contributed by atoms with Gasteiger partial charge in [0, 0.05) is 30.7 Å². The number of likely N-dealkylation sites (tertiary alicyclic amines) is 1. The largest absolute Gasteiger partial charge is 0.388 e. The molecule has 1 N–H and O–H groups in total. The zero-order valence-corrected chi connectivity index (χ0v) is 12.6. The fourth-order valence-corrected chi connectivity index (χ4v) is 3.04. The smallest absolute Gasteiger partial charge is 0.272 e. The van der Waals surface area contributed by atoms with Crippen molar-refractivity contribution in [3.8, 4) is 0 Å². The third-order valence-electron chi connectivity index (χ3n) is 4.27. The third kappa shape index (κ3) is 2.58. The summed E-state index contributed by atoms with van der Waals surface area (Å²) in [5.41, 5.74) is 2.35. The van der Waals surface area contributed by atoms with E-state index < -0.39 is 0 Å². The molecule has 0 radical (unpaired) electrons. The van der Waals surface area contributed by atoms with Crippen LogP contribution in [0.3, 0.4) is 0 Å². The first-order valence-electron chi connectivity index (χ1n) is 7.59. The molecular weight excluding hydrogens is 262 g/mol. The highest BCUT2D eigenvalue weighted by Crippen LogP contribution is 2.25. The molecular formula is C17H21N3O. The van der Waals surface area contributed by atoms with E-state index in [1.807, 2.05) is 42.3 Å². The number of piperidine rings is 1. The summed E-state index contributed by atoms with van der Waals surface area (Å²) in [6, 6.07) is 10.1. The van der Waals surface area contributed by atoms with Gasteiger partial charge in [-0.3, -0.25) is 4.79 Å². The van der Waals surface area contributed by atoms with Crippen LogP contribution in [0.2, 0.25) is 0 Å². The number of nitrogens with one attached hydrogen (secondary N) is 1. The minimum absolute atomic E-state index is 0.0458. The monoisotopic (exact) mass is 283 g/mol. The second-order valence-corrected chi connectivity index (χ2v) is 5.67. The lowest BCUT2D eigenvalue weighted by atomic mass is 10.0. The molecule has 4 heteroatoms. The minimum atomic E-state index is 0.0458. The van der Waals surface area contributed by atoms with E-state index in [0.717, 1.165) is 36.0 Å². The van der Waals surface area contributed by atoms with E-state index in [-0.39, 0.29) is 5.91 Å². The van der Waals surface area contributed by atoms with Gasteiger partial charge in [-0.05, 0) is 38.3 Å². The number of pyridine rings is 1. The summed E-state index contributed by atoms with van der Waals surface area (Å²) < 4.78 is 0. The van der Waals surface area contributed by atoms with E-state index in [1.54, 1.807) is 0 Å². The second-order valence-electron chi connectivity index (χ2n) is 5.67. The van der Waals surface area contributed by atoms with Gasteiger partial charge in [0.05, 0.1) is 5.52 Å². The average molecular weight is 283 g/mol. The Hall–Kier alpha value is -2.10. The normalized spacial score (nSPS) is 18.8. The van der Waals surface area contributed by atoms with Crippen molar-refractivity contribution in [1.82, 2.24) is 9.88 Å². The van der Waals surface area contributed by atoms with Crippen molar-refractivity contribution in [2.24, 2.45) is 0 Å². The van der Waals surface area contributed by atoms with Crippen LogP contribution in [0.1, 0.15) is 36.7 Å². The summed E-state index contributed by atoms with van der Waals surface area (Å²) in [6.07, 6.45) is 3.37. The molecule has 4 nitrogen and oxygen atoms in total. The Labute approximate surface area is 125 Å². The molecule has 1 fully saturated rings. The molecule has 1 saturated heterocycles. The van der Waals surface area contributed by atoms with E-state index in [9.17, 15) is 4.79 Å². The molecule has 0 spiro atoms. The predicted molar refractivity (Wildman–Crippen MR) is 85.6 cm³/mol. The van der Waals surface area contributed by atoms with Gasteiger partial charge in [-0.25, -0.2) is 4.98 Å². The van der Waals surface area contributed by atoms with Crippen molar-refractivity contribution < 1.29 is 4.79 Å². The van der Waals surface area contributed by atoms with Crippen LogP contribution in [0, 0.1) is 0 Å². The standard InChI is InChI=1S/C17H21N3O/c1-12-7-5-6-10-20(12)17(21)16-11-15(18-2)13-8-3-4-9-14(13)19-16/h3-4,8-9,11-12H,5-7,10H2,1-2H3,(H,18,19). The second kappa shape index (κ2) is 5.72. The number of carbonyl (C=O) groups is 1. The Kier molecular flexibility index (Phi) is 3.78. The molecule has 1 unspecified atom stereocenters. The summed E-state index contributed by atoms with van der Waals surface area (Å²) in [6.45, 7) is 2.96. The van der Waals surface area contributed by atoms with Gasteiger partial charge in [-0.15, -0.1) is 0 Å². The molecule has 2 heterocycles. The Morgan fingerprint density at radius 3 is 2.90 bits per heavy atom. The molecule has 0 bridgehead atoms. The summed E-state index contributed by atoms with van der Waals surface area (Å²) in [4.78, 5) is 19.3. The number of benzene rings is 1. The number of hydrogen-bond acceptors (Lipinski definition) is 3. The van der Waals surface area contributed by atoms with Crippen LogP contribution in [0.5, 0.6) is 0 Å². The molecule has 1 aromatic heterocycles. The van der Waals surface area contributed by atoms with E-state index >= 15 is 0 Å². The lowest BCUT2D eigenvalue weighted by Crippen LogP contribution is -2.42. The first-order valence-corrected chi connectivity index (χ1v) is 7.59. The van der Waals surface area contributed by atoms with Gasteiger partial charge < -0.3 is 10.2 Å². The summed E-state index contributed by atoms with van der Waals surface area (Å²) in [5.74, 6) is 0.0458. The highest BCUT2D eigenvalue weighted by molar-refractivity contribution is 5.99. The van der Waals surface area contributed by atoms with Crippen molar-refractivity contribution in [2.75, 3.05) is 18.9 Å². The summed E-state index contributed by atoms with van der Waals surface area (Å²) >= 11 is 0. The van der Waals surface area contributed by atoms with Gasteiger partial charge in [-0.1, -0.05) is 18.2 Å². The number of fused-ring (bicyclic) bond motifs is 1. The van der Waals surface area contributed by atoms with E-state index in [4.69, 9.17) is 0 Å².